The standard InChI is InChI=1S/C21H21N3O/c1-2-13-24-18-10-6-4-8-16(18)21(20(24)25)19-15(11-12-22-21)14-7-3-5-9-17(14)23-19/h3-10,22-23H,2,11-13H2,1H3/t21-/m1/s1. The number of anilines is 1. The lowest BCUT2D eigenvalue weighted by Gasteiger charge is -2.34. The van der Waals surface area contributed by atoms with Gasteiger partial charge in [-0.25, -0.2) is 0 Å². The van der Waals surface area contributed by atoms with Gasteiger partial charge in [-0.15, -0.1) is 0 Å². The number of H-pyrrole nitrogens is 1. The Morgan fingerprint density at radius 1 is 1.12 bits per heavy atom. The van der Waals surface area contributed by atoms with Crippen molar-refractivity contribution in [3.8, 4) is 0 Å². The molecule has 4 heteroatoms. The number of carbonyl (C=O) groups is 1. The van der Waals surface area contributed by atoms with Crippen molar-refractivity contribution in [2.24, 2.45) is 0 Å². The van der Waals surface area contributed by atoms with Crippen LogP contribution in [0.1, 0.15) is 30.2 Å². The predicted molar refractivity (Wildman–Crippen MR) is 99.9 cm³/mol. The number of hydrogen-bond donors (Lipinski definition) is 2. The van der Waals surface area contributed by atoms with E-state index in [1.165, 1.54) is 10.9 Å². The van der Waals surface area contributed by atoms with E-state index in [0.29, 0.717) is 0 Å². The average molecular weight is 331 g/mol. The van der Waals surface area contributed by atoms with Crippen LogP contribution in [-0.4, -0.2) is 24.0 Å². The number of para-hydroxylation sites is 2. The molecule has 1 aromatic heterocycles. The molecule has 1 spiro atoms. The first-order valence-electron chi connectivity index (χ1n) is 9.04. The summed E-state index contributed by atoms with van der Waals surface area (Å²) in [6, 6.07) is 16.6. The first-order chi connectivity index (χ1) is 12.3. The lowest BCUT2D eigenvalue weighted by molar-refractivity contribution is -0.123. The number of hydrogen-bond acceptors (Lipinski definition) is 2. The fraction of sp³-hybridized carbons (Fsp3) is 0.286. The molecule has 1 amide bonds. The molecule has 0 radical (unpaired) electrons. The van der Waals surface area contributed by atoms with Crippen LogP contribution in [0.2, 0.25) is 0 Å². The second-order valence-corrected chi connectivity index (χ2v) is 6.92. The summed E-state index contributed by atoms with van der Waals surface area (Å²) < 4.78 is 0. The fourth-order valence-electron chi connectivity index (χ4n) is 4.55. The number of benzene rings is 2. The molecule has 4 nitrogen and oxygen atoms in total. The first kappa shape index (κ1) is 14.7. The molecule has 0 saturated carbocycles. The Morgan fingerprint density at radius 2 is 1.92 bits per heavy atom. The van der Waals surface area contributed by atoms with Gasteiger partial charge in [0.05, 0.1) is 5.69 Å². The lowest BCUT2D eigenvalue weighted by atomic mass is 9.82. The minimum absolute atomic E-state index is 0.142. The van der Waals surface area contributed by atoms with Crippen LogP contribution in [0.3, 0.4) is 0 Å². The molecule has 2 aliphatic rings. The zero-order chi connectivity index (χ0) is 17.0. The highest BCUT2D eigenvalue weighted by atomic mass is 16.2. The van der Waals surface area contributed by atoms with Gasteiger partial charge in [0, 0.05) is 35.2 Å². The third-order valence-electron chi connectivity index (χ3n) is 5.57. The van der Waals surface area contributed by atoms with Crippen molar-refractivity contribution in [2.75, 3.05) is 18.0 Å². The molecule has 0 fully saturated rings. The molecular weight excluding hydrogens is 310 g/mol. The Hall–Kier alpha value is -2.59. The molecule has 3 aromatic rings. The summed E-state index contributed by atoms with van der Waals surface area (Å²) in [7, 11) is 0. The Morgan fingerprint density at radius 3 is 2.80 bits per heavy atom. The van der Waals surface area contributed by atoms with Crippen molar-refractivity contribution in [3.63, 3.8) is 0 Å². The maximum atomic E-state index is 13.6. The normalized spacial score (nSPS) is 21.8. The lowest BCUT2D eigenvalue weighted by Crippen LogP contribution is -2.55. The molecule has 0 bridgehead atoms. The number of aromatic amines is 1. The van der Waals surface area contributed by atoms with Gasteiger partial charge in [-0.05, 0) is 30.5 Å². The van der Waals surface area contributed by atoms with E-state index in [9.17, 15) is 4.79 Å². The van der Waals surface area contributed by atoms with Gasteiger partial charge in [0.1, 0.15) is 0 Å². The van der Waals surface area contributed by atoms with E-state index in [1.807, 2.05) is 23.1 Å². The molecule has 0 aliphatic carbocycles. The van der Waals surface area contributed by atoms with Gasteiger partial charge in [-0.2, -0.15) is 0 Å². The predicted octanol–water partition coefficient (Wildman–Crippen LogP) is 3.31. The van der Waals surface area contributed by atoms with Crippen LogP contribution in [0.15, 0.2) is 48.5 Å². The van der Waals surface area contributed by atoms with Crippen LogP contribution in [0.25, 0.3) is 10.9 Å². The molecule has 2 N–H and O–H groups in total. The van der Waals surface area contributed by atoms with Gasteiger partial charge in [0.2, 0.25) is 0 Å². The van der Waals surface area contributed by atoms with Crippen molar-refractivity contribution in [1.29, 1.82) is 0 Å². The molecule has 3 heterocycles. The summed E-state index contributed by atoms with van der Waals surface area (Å²) >= 11 is 0. The second kappa shape index (κ2) is 5.20. The Bertz CT molecular complexity index is 990. The molecule has 126 valence electrons. The van der Waals surface area contributed by atoms with Gasteiger partial charge in [-0.1, -0.05) is 43.3 Å². The van der Waals surface area contributed by atoms with Crippen molar-refractivity contribution in [2.45, 2.75) is 25.3 Å². The quantitative estimate of drug-likeness (QED) is 0.757. The van der Waals surface area contributed by atoms with Crippen LogP contribution in [-0.2, 0) is 16.8 Å². The van der Waals surface area contributed by atoms with E-state index in [1.54, 1.807) is 0 Å². The SMILES string of the molecule is CCCN1C(=O)[C@@]2(NCCc3c2[nH]c2ccccc32)c2ccccc21. The van der Waals surface area contributed by atoms with E-state index in [-0.39, 0.29) is 5.91 Å². The molecule has 0 unspecified atom stereocenters. The van der Waals surface area contributed by atoms with Crippen molar-refractivity contribution in [1.82, 2.24) is 10.3 Å². The third-order valence-corrected chi connectivity index (χ3v) is 5.57. The molecular formula is C21H21N3O. The summed E-state index contributed by atoms with van der Waals surface area (Å²) in [4.78, 5) is 19.1. The summed E-state index contributed by atoms with van der Waals surface area (Å²) in [5.41, 5.74) is 4.73. The highest BCUT2D eigenvalue weighted by Gasteiger charge is 2.54. The fourth-order valence-corrected chi connectivity index (χ4v) is 4.55. The number of fused-ring (bicyclic) bond motifs is 6. The Kier molecular flexibility index (Phi) is 3.06. The largest absolute Gasteiger partial charge is 0.356 e. The summed E-state index contributed by atoms with van der Waals surface area (Å²) in [5, 5.41) is 4.82. The monoisotopic (exact) mass is 331 g/mol. The van der Waals surface area contributed by atoms with Crippen LogP contribution in [0.4, 0.5) is 5.69 Å². The minimum atomic E-state index is -0.779. The second-order valence-electron chi connectivity index (χ2n) is 6.92. The summed E-state index contributed by atoms with van der Waals surface area (Å²) in [5.74, 6) is 0.142. The van der Waals surface area contributed by atoms with Gasteiger partial charge in [0.15, 0.2) is 5.54 Å². The maximum absolute atomic E-state index is 13.6. The number of aromatic nitrogens is 1. The highest BCUT2D eigenvalue weighted by Crippen LogP contribution is 2.47. The minimum Gasteiger partial charge on any atom is -0.356 e. The number of nitrogens with one attached hydrogen (secondary N) is 2. The van der Waals surface area contributed by atoms with Crippen molar-refractivity contribution in [3.05, 3.63) is 65.4 Å². The molecule has 25 heavy (non-hydrogen) atoms. The van der Waals surface area contributed by atoms with Gasteiger partial charge in [-0.3, -0.25) is 10.1 Å². The van der Waals surface area contributed by atoms with Gasteiger partial charge in [0.25, 0.3) is 5.91 Å². The van der Waals surface area contributed by atoms with Crippen LogP contribution >= 0.6 is 0 Å². The van der Waals surface area contributed by atoms with Crippen molar-refractivity contribution < 1.29 is 4.79 Å². The molecule has 5 rings (SSSR count). The van der Waals surface area contributed by atoms with E-state index in [4.69, 9.17) is 0 Å². The number of amides is 1. The smallest absolute Gasteiger partial charge is 0.258 e. The molecule has 2 aromatic carbocycles. The van der Waals surface area contributed by atoms with E-state index in [0.717, 1.165) is 48.4 Å². The topological polar surface area (TPSA) is 48.1 Å². The van der Waals surface area contributed by atoms with E-state index >= 15 is 0 Å². The van der Waals surface area contributed by atoms with Crippen LogP contribution in [0, 0.1) is 0 Å². The summed E-state index contributed by atoms with van der Waals surface area (Å²) in [6.45, 7) is 3.66. The number of rotatable bonds is 2. The number of nitrogens with zero attached hydrogens (tertiary/aromatic N) is 1. The van der Waals surface area contributed by atoms with E-state index in [2.05, 4.69) is 47.6 Å². The highest BCUT2D eigenvalue weighted by molar-refractivity contribution is 6.11. The van der Waals surface area contributed by atoms with Gasteiger partial charge < -0.3 is 9.88 Å². The zero-order valence-electron chi connectivity index (χ0n) is 14.3. The first-order valence-corrected chi connectivity index (χ1v) is 9.04. The van der Waals surface area contributed by atoms with Crippen LogP contribution in [0.5, 0.6) is 0 Å². The molecule has 1 atom stereocenters. The number of carbonyl (C=O) groups excluding carboxylic acids is 1. The van der Waals surface area contributed by atoms with Gasteiger partial charge >= 0.3 is 0 Å². The summed E-state index contributed by atoms with van der Waals surface area (Å²) in [6.07, 6.45) is 1.88. The Balaban J connectivity index is 1.82. The van der Waals surface area contributed by atoms with Crippen LogP contribution < -0.4 is 10.2 Å². The Labute approximate surface area is 146 Å². The zero-order valence-corrected chi connectivity index (χ0v) is 14.3. The average Bonchev–Trinajstić information content (AvgIpc) is 3.14. The molecule has 2 aliphatic heterocycles. The van der Waals surface area contributed by atoms with Crippen molar-refractivity contribution >= 4 is 22.5 Å². The molecule has 0 saturated heterocycles. The van der Waals surface area contributed by atoms with E-state index < -0.39 is 5.54 Å². The third kappa shape index (κ3) is 1.78. The maximum Gasteiger partial charge on any atom is 0.258 e.